The molecule has 438 valence electrons. The molecule has 14 aromatic carbocycles. The predicted octanol–water partition coefficient (Wildman–Crippen LogP) is 22.8. The summed E-state index contributed by atoms with van der Waals surface area (Å²) in [5, 5.41) is 13.0. The van der Waals surface area contributed by atoms with E-state index in [-0.39, 0.29) is 16.8 Å². The van der Waals surface area contributed by atoms with Crippen molar-refractivity contribution < 1.29 is 8.78 Å². The van der Waals surface area contributed by atoms with E-state index in [0.29, 0.717) is 11.4 Å². The van der Waals surface area contributed by atoms with Crippen LogP contribution in [0.15, 0.2) is 297 Å². The van der Waals surface area contributed by atoms with Gasteiger partial charge in [-0.05, 0) is 127 Å². The fraction of sp³-hybridized carbons (Fsp3) is 0. The van der Waals surface area contributed by atoms with Crippen molar-refractivity contribution in [2.45, 2.75) is 0 Å². The maximum absolute atomic E-state index is 17.0. The number of aromatic nitrogens is 6. The van der Waals surface area contributed by atoms with Crippen LogP contribution in [0.4, 0.5) is 14.5 Å². The van der Waals surface area contributed by atoms with Gasteiger partial charge < -0.3 is 27.4 Å². The molecule has 9 heteroatoms. The molecule has 0 saturated heterocycles. The van der Waals surface area contributed by atoms with Crippen LogP contribution in [-0.2, 0) is 0 Å². The number of halogens is 2. The van der Waals surface area contributed by atoms with Gasteiger partial charge in [0.15, 0.2) is 5.69 Å². The Morgan fingerprint density at radius 2 is 0.457 bits per heavy atom. The van der Waals surface area contributed by atoms with Crippen molar-refractivity contribution in [1.29, 1.82) is 0 Å². The summed E-state index contributed by atoms with van der Waals surface area (Å²) < 4.78 is 47.9. The van der Waals surface area contributed by atoms with Gasteiger partial charge >= 0.3 is 0 Å². The Hall–Kier alpha value is -12.8. The summed E-state index contributed by atoms with van der Waals surface area (Å²) in [5.74, 6) is -1.53. The lowest BCUT2D eigenvalue weighted by atomic mass is 10.00. The monoisotopic (exact) mass is 1210 g/mol. The molecule has 0 radical (unpaired) electrons. The minimum Gasteiger partial charge on any atom is -0.309 e. The average molecular weight is 1210 g/mol. The SMILES string of the molecule is [C-]#[N+]c1cc(-n2c3cc(-n4c5ccccc5c5ccccc54)ccc3c3ccc(-n4c5ccccc5c5ccccc54)cc32)c(-n2c3cc(-n4c5ccccc5c5ccccc54)ccc3c3ccc(-n4c5ccccc5c5ccccc54)cc32)cc1-c1c(F)cccc1F. The van der Waals surface area contributed by atoms with E-state index in [1.807, 2.05) is 12.1 Å². The highest BCUT2D eigenvalue weighted by molar-refractivity contribution is 6.17. The summed E-state index contributed by atoms with van der Waals surface area (Å²) in [6.07, 6.45) is 0. The summed E-state index contributed by atoms with van der Waals surface area (Å²) in [7, 11) is 0. The zero-order valence-corrected chi connectivity index (χ0v) is 50.2. The van der Waals surface area contributed by atoms with Crippen molar-refractivity contribution in [3.05, 3.63) is 320 Å². The quantitative estimate of drug-likeness (QED) is 0.143. The summed E-state index contributed by atoms with van der Waals surface area (Å²) in [6, 6.07) is 103. The van der Waals surface area contributed by atoms with Crippen LogP contribution in [-0.4, -0.2) is 27.4 Å². The molecular weight excluding hydrogens is 1160 g/mol. The number of benzene rings is 14. The Balaban J connectivity index is 0.969. The predicted molar refractivity (Wildman–Crippen MR) is 384 cm³/mol. The molecule has 0 atom stereocenters. The standard InChI is InChI=1S/C85H49F2N7/c1-88-70-50-84(94-81-47-53(91-75-33-14-6-23-59(75)60-24-7-15-34-76(60)91)39-43-65(81)66-44-40-54(48-82(66)94)92-77-35-16-8-25-61(77)62-26-9-17-36-78(62)92)83(49-67(70)85-68(86)27-18-28-69(85)87)93-79-45-51(89-71-29-10-2-19-55(71)56-20-3-11-30-72(56)89)37-41-63(79)64-42-38-52(46-80(64)93)90-73-31-12-4-21-57(73)58-22-5-13-32-74(58)90/h2-50H. The van der Waals surface area contributed by atoms with Crippen molar-refractivity contribution in [2.24, 2.45) is 0 Å². The van der Waals surface area contributed by atoms with Crippen LogP contribution in [0, 0.1) is 18.2 Å². The van der Waals surface area contributed by atoms with Crippen LogP contribution in [0.25, 0.3) is 181 Å². The van der Waals surface area contributed by atoms with Gasteiger partial charge in [-0.15, -0.1) is 0 Å². The van der Waals surface area contributed by atoms with E-state index in [9.17, 15) is 0 Å². The van der Waals surface area contributed by atoms with Gasteiger partial charge in [0.05, 0.1) is 84.1 Å². The Kier molecular flexibility index (Phi) is 10.9. The second-order valence-electron chi connectivity index (χ2n) is 24.5. The van der Waals surface area contributed by atoms with E-state index in [4.69, 9.17) is 6.57 Å². The van der Waals surface area contributed by atoms with Crippen molar-refractivity contribution in [3.8, 4) is 45.3 Å². The van der Waals surface area contributed by atoms with E-state index >= 15 is 8.78 Å². The molecule has 0 aliphatic heterocycles. The van der Waals surface area contributed by atoms with Gasteiger partial charge in [0, 0.05) is 92.9 Å². The van der Waals surface area contributed by atoms with E-state index in [1.54, 1.807) is 0 Å². The molecule has 6 heterocycles. The highest BCUT2D eigenvalue weighted by Gasteiger charge is 2.28. The summed E-state index contributed by atoms with van der Waals surface area (Å²) >= 11 is 0. The fourth-order valence-corrected chi connectivity index (χ4v) is 15.8. The molecule has 94 heavy (non-hydrogen) atoms. The summed E-state index contributed by atoms with van der Waals surface area (Å²) in [4.78, 5) is 4.25. The minimum absolute atomic E-state index is 0.0903. The second kappa shape index (κ2) is 19.6. The molecule has 0 N–H and O–H groups in total. The lowest BCUT2D eigenvalue weighted by Gasteiger charge is -2.21. The first-order valence-electron chi connectivity index (χ1n) is 31.6. The highest BCUT2D eigenvalue weighted by atomic mass is 19.1. The molecule has 0 spiro atoms. The zero-order chi connectivity index (χ0) is 62.0. The molecular formula is C85H49F2N7. The molecule has 20 rings (SSSR count). The first-order chi connectivity index (χ1) is 46.5. The molecule has 0 amide bonds. The number of rotatable bonds is 7. The van der Waals surface area contributed by atoms with Crippen molar-refractivity contribution in [2.75, 3.05) is 0 Å². The van der Waals surface area contributed by atoms with Gasteiger partial charge in [0.25, 0.3) is 0 Å². The van der Waals surface area contributed by atoms with Gasteiger partial charge in [-0.2, -0.15) is 0 Å². The van der Waals surface area contributed by atoms with Gasteiger partial charge in [-0.3, -0.25) is 0 Å². The maximum atomic E-state index is 17.0. The lowest BCUT2D eigenvalue weighted by molar-refractivity contribution is 0.590. The first kappa shape index (κ1) is 52.0. The van der Waals surface area contributed by atoms with Gasteiger partial charge in [-0.25, -0.2) is 13.6 Å². The van der Waals surface area contributed by atoms with Crippen LogP contribution < -0.4 is 0 Å². The maximum Gasteiger partial charge on any atom is 0.197 e. The third-order valence-corrected chi connectivity index (χ3v) is 19.7. The third kappa shape index (κ3) is 7.22. The van der Waals surface area contributed by atoms with Gasteiger partial charge in [0.2, 0.25) is 0 Å². The second-order valence-corrected chi connectivity index (χ2v) is 24.5. The van der Waals surface area contributed by atoms with Crippen LogP contribution in [0.5, 0.6) is 0 Å². The van der Waals surface area contributed by atoms with E-state index in [2.05, 4.69) is 299 Å². The molecule has 7 nitrogen and oxygen atoms in total. The molecule has 0 saturated carbocycles. The van der Waals surface area contributed by atoms with E-state index < -0.39 is 11.6 Å². The van der Waals surface area contributed by atoms with Gasteiger partial charge in [-0.1, -0.05) is 176 Å². The van der Waals surface area contributed by atoms with Crippen LogP contribution in [0.1, 0.15) is 0 Å². The Bertz CT molecular complexity index is 6160. The Labute approximate surface area is 535 Å². The molecule has 0 unspecified atom stereocenters. The van der Waals surface area contributed by atoms with Crippen LogP contribution in [0.3, 0.4) is 0 Å². The molecule has 0 fully saturated rings. The molecule has 0 bridgehead atoms. The number of fused-ring (bicyclic) bond motifs is 18. The molecule has 20 aromatic rings. The molecule has 6 aromatic heterocycles. The lowest BCUT2D eigenvalue weighted by Crippen LogP contribution is -2.06. The average Bonchev–Trinajstić information content (AvgIpc) is 1.56. The largest absolute Gasteiger partial charge is 0.309 e. The van der Waals surface area contributed by atoms with Crippen molar-refractivity contribution >= 4 is 137 Å². The molecule has 0 aliphatic carbocycles. The number of hydrogen-bond acceptors (Lipinski definition) is 0. The topological polar surface area (TPSA) is 33.9 Å². The summed E-state index contributed by atoms with van der Waals surface area (Å²) in [5.41, 5.74) is 16.9. The van der Waals surface area contributed by atoms with Crippen molar-refractivity contribution in [1.82, 2.24) is 27.4 Å². The number of nitrogens with zero attached hydrogens (tertiary/aromatic N) is 7. The van der Waals surface area contributed by atoms with Crippen molar-refractivity contribution in [3.63, 3.8) is 0 Å². The Morgan fingerprint density at radius 3 is 0.713 bits per heavy atom. The minimum atomic E-state index is -0.767. The third-order valence-electron chi connectivity index (χ3n) is 19.7. The van der Waals surface area contributed by atoms with Crippen LogP contribution in [0.2, 0.25) is 0 Å². The first-order valence-corrected chi connectivity index (χ1v) is 31.6. The molecule has 0 aliphatic rings. The Morgan fingerprint density at radius 1 is 0.223 bits per heavy atom. The zero-order valence-electron chi connectivity index (χ0n) is 50.2. The number of para-hydroxylation sites is 8. The number of hydrogen-bond donors (Lipinski definition) is 0. The normalized spacial score (nSPS) is 12.1. The highest BCUT2D eigenvalue weighted by Crippen LogP contribution is 2.48. The fourth-order valence-electron chi connectivity index (χ4n) is 15.8. The van der Waals surface area contributed by atoms with E-state index in [1.165, 1.54) is 18.2 Å². The van der Waals surface area contributed by atoms with Gasteiger partial charge in [0.1, 0.15) is 11.6 Å². The summed E-state index contributed by atoms with van der Waals surface area (Å²) in [6.45, 7) is 9.13. The van der Waals surface area contributed by atoms with E-state index in [0.717, 1.165) is 154 Å². The smallest absolute Gasteiger partial charge is 0.197 e. The van der Waals surface area contributed by atoms with Crippen LogP contribution >= 0.6 is 0 Å².